The number of benzene rings is 1. The van der Waals surface area contributed by atoms with Gasteiger partial charge in [0.05, 0.1) is 44.0 Å². The Kier molecular flexibility index (Phi) is 31.1. The number of ether oxygens (including phenoxy) is 5. The van der Waals surface area contributed by atoms with E-state index in [0.717, 1.165) is 33.0 Å². The first kappa shape index (κ1) is 50.1. The van der Waals surface area contributed by atoms with Gasteiger partial charge >= 0.3 is 0 Å². The predicted molar refractivity (Wildman–Crippen MR) is 244 cm³/mol. The molecule has 6 rings (SSSR count). The summed E-state index contributed by atoms with van der Waals surface area (Å²) < 4.78 is 28.0. The minimum atomic E-state index is -0.474. The minimum absolute atomic E-state index is 0.474. The quantitative estimate of drug-likeness (QED) is 0.277. The molecule has 5 fully saturated rings. The van der Waals surface area contributed by atoms with Crippen molar-refractivity contribution < 1.29 is 23.7 Å². The van der Waals surface area contributed by atoms with Gasteiger partial charge in [-0.3, -0.25) is 0 Å². The molecule has 1 aromatic carbocycles. The number of aryl methyl sites for hydroxylation is 1. The number of hydrogen-bond donors (Lipinski definition) is 0. The predicted octanol–water partition coefficient (Wildman–Crippen LogP) is 9.90. The summed E-state index contributed by atoms with van der Waals surface area (Å²) in [4.78, 5) is 0. The monoisotopic (exact) mass is 813 g/mol. The van der Waals surface area contributed by atoms with E-state index in [0.29, 0.717) is 28.6 Å². The summed E-state index contributed by atoms with van der Waals surface area (Å²) in [5, 5.41) is 0. The lowest BCUT2D eigenvalue weighted by atomic mass is 10.2. The third-order valence-electron chi connectivity index (χ3n) is 10.7. The van der Waals surface area contributed by atoms with E-state index in [9.17, 15) is 0 Å². The van der Waals surface area contributed by atoms with Crippen LogP contribution in [0.1, 0.15) is 102 Å². The van der Waals surface area contributed by atoms with Gasteiger partial charge in [-0.25, -0.2) is 0 Å². The van der Waals surface area contributed by atoms with Crippen LogP contribution >= 0.6 is 0 Å². The lowest BCUT2D eigenvalue weighted by Crippen LogP contribution is -2.31. The SMILES string of the molecule is C[SiH](C)C1CCCCO1.C[SiH](C)C1CCCCO1.C[SiH](C)C1CCCCO1.C[SiH](C)C1CCCCO1.C[SiH](C)C1CCCCO1.Cc1ccccc1. The molecule has 0 aromatic heterocycles. The Balaban J connectivity index is 0.000000313. The second kappa shape index (κ2) is 32.2. The average molecular weight is 814 g/mol. The number of rotatable bonds is 5. The molecule has 5 aliphatic rings. The third-order valence-corrected chi connectivity index (χ3v) is 20.8. The molecule has 306 valence electrons. The van der Waals surface area contributed by atoms with E-state index in [2.05, 4.69) is 84.5 Å². The van der Waals surface area contributed by atoms with Crippen LogP contribution in [0.4, 0.5) is 0 Å². The molecule has 52 heavy (non-hydrogen) atoms. The minimum Gasteiger partial charge on any atom is -0.382 e. The molecule has 0 radical (unpaired) electrons. The molecular weight excluding hydrogens is 725 g/mol. The molecule has 5 unspecified atom stereocenters. The molecule has 5 nitrogen and oxygen atoms in total. The largest absolute Gasteiger partial charge is 0.382 e. The van der Waals surface area contributed by atoms with Crippen LogP contribution in [0, 0.1) is 6.92 Å². The maximum absolute atomic E-state index is 5.60. The maximum Gasteiger partial charge on any atom is 0.0656 e. The van der Waals surface area contributed by atoms with Crippen LogP contribution in [-0.4, -0.2) is 106 Å². The first-order chi connectivity index (χ1) is 24.9. The van der Waals surface area contributed by atoms with Crippen LogP contribution in [0.3, 0.4) is 0 Å². The standard InChI is InChI=1S/5C7H16OSi.C7H8/c5*1-9(2)7-5-3-4-6-8-7;1-7-5-3-2-4-6-7/h5*7,9H,3-6H2,1-2H3;2-6H,1H3. The molecule has 0 N–H and O–H groups in total. The Morgan fingerprint density at radius 2 is 0.558 bits per heavy atom. The zero-order valence-corrected chi connectivity index (χ0v) is 42.1. The lowest BCUT2D eigenvalue weighted by molar-refractivity contribution is 0.0631. The van der Waals surface area contributed by atoms with Crippen molar-refractivity contribution in [2.75, 3.05) is 33.0 Å². The molecule has 0 saturated carbocycles. The van der Waals surface area contributed by atoms with Crippen molar-refractivity contribution >= 4 is 44.0 Å². The van der Waals surface area contributed by atoms with Gasteiger partial charge in [-0.2, -0.15) is 0 Å². The summed E-state index contributed by atoms with van der Waals surface area (Å²) in [6.45, 7) is 30.9. The Bertz CT molecular complexity index is 766. The molecule has 10 heteroatoms. The molecule has 5 atom stereocenters. The van der Waals surface area contributed by atoms with Crippen molar-refractivity contribution in [2.45, 2.75) is 197 Å². The van der Waals surface area contributed by atoms with Gasteiger partial charge in [0.1, 0.15) is 0 Å². The van der Waals surface area contributed by atoms with E-state index in [1.165, 1.54) is 102 Å². The van der Waals surface area contributed by atoms with Crippen LogP contribution < -0.4 is 0 Å². The summed E-state index contributed by atoms with van der Waals surface area (Å²) in [5.41, 5.74) is 4.79. The van der Waals surface area contributed by atoms with Gasteiger partial charge in [-0.15, -0.1) is 0 Å². The number of hydrogen-bond acceptors (Lipinski definition) is 5. The molecule has 5 heterocycles. The molecule has 1 aromatic rings. The summed E-state index contributed by atoms with van der Waals surface area (Å²) in [7, 11) is -2.37. The molecule has 0 bridgehead atoms. The molecule has 0 aliphatic carbocycles. The van der Waals surface area contributed by atoms with E-state index < -0.39 is 44.0 Å². The van der Waals surface area contributed by atoms with Crippen LogP contribution in [0.5, 0.6) is 0 Å². The van der Waals surface area contributed by atoms with Gasteiger partial charge in [-0.05, 0) is 103 Å². The van der Waals surface area contributed by atoms with Crippen LogP contribution in [0.25, 0.3) is 0 Å². The molecule has 0 amide bonds. The van der Waals surface area contributed by atoms with Gasteiger partial charge in [0.25, 0.3) is 0 Å². The fourth-order valence-corrected chi connectivity index (χ4v) is 14.1. The van der Waals surface area contributed by atoms with Gasteiger partial charge < -0.3 is 23.7 Å². The molecule has 5 saturated heterocycles. The second-order valence-electron chi connectivity index (χ2n) is 17.4. The van der Waals surface area contributed by atoms with Crippen molar-refractivity contribution in [2.24, 2.45) is 0 Å². The van der Waals surface area contributed by atoms with Crippen molar-refractivity contribution in [3.8, 4) is 0 Å². The summed E-state index contributed by atoms with van der Waals surface area (Å²) >= 11 is 0. The average Bonchev–Trinajstić information content (AvgIpc) is 3.18. The van der Waals surface area contributed by atoms with E-state index in [1.807, 2.05) is 18.2 Å². The highest BCUT2D eigenvalue weighted by molar-refractivity contribution is 6.58. The van der Waals surface area contributed by atoms with Gasteiger partial charge in [0.2, 0.25) is 0 Å². The summed E-state index contributed by atoms with van der Waals surface area (Å²) in [6, 6.07) is 10.3. The van der Waals surface area contributed by atoms with Crippen molar-refractivity contribution in [3.63, 3.8) is 0 Å². The Morgan fingerprint density at radius 3 is 0.654 bits per heavy atom. The van der Waals surface area contributed by atoms with Gasteiger partial charge in [-0.1, -0.05) is 101 Å². The zero-order chi connectivity index (χ0) is 38.6. The summed E-state index contributed by atoms with van der Waals surface area (Å²) in [5.74, 6) is 0. The van der Waals surface area contributed by atoms with Crippen molar-refractivity contribution in [1.29, 1.82) is 0 Å². The van der Waals surface area contributed by atoms with Crippen LogP contribution in [-0.2, 0) is 23.7 Å². The van der Waals surface area contributed by atoms with E-state index in [4.69, 9.17) is 23.7 Å². The van der Waals surface area contributed by atoms with Crippen molar-refractivity contribution in [1.82, 2.24) is 0 Å². The smallest absolute Gasteiger partial charge is 0.0656 e. The van der Waals surface area contributed by atoms with Crippen LogP contribution in [0.15, 0.2) is 30.3 Å². The Morgan fingerprint density at radius 1 is 0.346 bits per heavy atom. The van der Waals surface area contributed by atoms with E-state index >= 15 is 0 Å². The van der Waals surface area contributed by atoms with E-state index in [-0.39, 0.29) is 0 Å². The second-order valence-corrected chi connectivity index (χ2v) is 33.6. The molecule has 0 spiro atoms. The fourth-order valence-electron chi connectivity index (χ4n) is 6.99. The Labute approximate surface area is 332 Å². The zero-order valence-electron chi connectivity index (χ0n) is 36.3. The fraction of sp³-hybridized carbons (Fsp3) is 0.857. The Hall–Kier alpha value is 0.104. The first-order valence-corrected chi connectivity index (χ1v) is 36.9. The van der Waals surface area contributed by atoms with E-state index in [1.54, 1.807) is 0 Å². The normalized spacial score (nSPS) is 26.3. The first-order valence-electron chi connectivity index (χ1n) is 22.0. The van der Waals surface area contributed by atoms with Gasteiger partial charge in [0, 0.05) is 61.7 Å². The van der Waals surface area contributed by atoms with Gasteiger partial charge in [0.15, 0.2) is 0 Å². The highest BCUT2D eigenvalue weighted by Crippen LogP contribution is 2.17. The topological polar surface area (TPSA) is 46.2 Å². The lowest BCUT2D eigenvalue weighted by Gasteiger charge is -2.24. The highest BCUT2D eigenvalue weighted by atomic mass is 28.3. The maximum atomic E-state index is 5.60. The highest BCUT2D eigenvalue weighted by Gasteiger charge is 2.20. The van der Waals surface area contributed by atoms with Crippen LogP contribution in [0.2, 0.25) is 65.5 Å². The van der Waals surface area contributed by atoms with Crippen molar-refractivity contribution in [3.05, 3.63) is 35.9 Å². The third kappa shape index (κ3) is 26.0. The molecular formula is C42H88O5Si5. The molecule has 5 aliphatic heterocycles. The summed E-state index contributed by atoms with van der Waals surface area (Å²) in [6.07, 6.45) is 20.1.